The number of esters is 1. The molecule has 0 aliphatic heterocycles. The number of hydrogen-bond donors (Lipinski definition) is 2. The van der Waals surface area contributed by atoms with E-state index in [1.807, 2.05) is 0 Å². The fourth-order valence-electron chi connectivity index (χ4n) is 3.28. The quantitative estimate of drug-likeness (QED) is 0.250. The van der Waals surface area contributed by atoms with Crippen LogP contribution in [-0.4, -0.2) is 34.7 Å². The molecule has 0 spiro atoms. The van der Waals surface area contributed by atoms with E-state index in [-0.39, 0.29) is 17.8 Å². The number of carboxylic acids is 2. The topological polar surface area (TPSA) is 101 Å². The van der Waals surface area contributed by atoms with Crippen molar-refractivity contribution in [3.63, 3.8) is 0 Å². The average Bonchev–Trinajstić information content (AvgIpc) is 2.68. The fraction of sp³-hybridized carbons (Fsp3) is 0.792. The van der Waals surface area contributed by atoms with Gasteiger partial charge in [0.1, 0.15) is 0 Å². The minimum atomic E-state index is -0.793. The molecule has 1 aliphatic carbocycles. The number of hydrogen-bond acceptors (Lipinski definition) is 4. The number of carbonyl (C=O) groups is 3. The number of ether oxygens (including phenoxy) is 1. The van der Waals surface area contributed by atoms with Crippen molar-refractivity contribution in [1.29, 1.82) is 0 Å². The third-order valence-corrected chi connectivity index (χ3v) is 5.13. The summed E-state index contributed by atoms with van der Waals surface area (Å²) in [5.74, 6) is -1.20. The van der Waals surface area contributed by atoms with Crippen LogP contribution in [0.1, 0.15) is 92.4 Å². The first-order valence-corrected chi connectivity index (χ1v) is 11.4. The Kier molecular flexibility index (Phi) is 14.9. The maximum absolute atomic E-state index is 11.9. The second-order valence-electron chi connectivity index (χ2n) is 9.02. The van der Waals surface area contributed by atoms with Gasteiger partial charge in [-0.3, -0.25) is 9.59 Å². The molecule has 2 N–H and O–H groups in total. The maximum Gasteiger partial charge on any atom is 0.333 e. The molecule has 0 saturated heterocycles. The average molecular weight is 427 g/mol. The first kappa shape index (κ1) is 28.1. The van der Waals surface area contributed by atoms with Gasteiger partial charge in [-0.1, -0.05) is 53.5 Å². The number of allylic oxidation sites excluding steroid dienone is 1. The number of unbranched alkanes of at least 4 members (excludes halogenated alkanes) is 1. The van der Waals surface area contributed by atoms with E-state index < -0.39 is 11.9 Å². The molecule has 0 heterocycles. The lowest BCUT2D eigenvalue weighted by Gasteiger charge is -2.22. The largest absolute Gasteiger partial charge is 0.481 e. The van der Waals surface area contributed by atoms with Gasteiger partial charge in [0.05, 0.1) is 18.4 Å². The van der Waals surface area contributed by atoms with Crippen LogP contribution in [0.15, 0.2) is 11.6 Å². The van der Waals surface area contributed by atoms with Crippen LogP contribution in [0.5, 0.6) is 0 Å². The van der Waals surface area contributed by atoms with Gasteiger partial charge < -0.3 is 14.9 Å². The third-order valence-electron chi connectivity index (χ3n) is 5.13. The molecule has 0 aromatic carbocycles. The van der Waals surface area contributed by atoms with Crippen molar-refractivity contribution in [2.24, 2.45) is 23.7 Å². The van der Waals surface area contributed by atoms with E-state index in [9.17, 15) is 14.4 Å². The molecule has 1 aliphatic rings. The van der Waals surface area contributed by atoms with Gasteiger partial charge in [-0.25, -0.2) is 4.79 Å². The highest BCUT2D eigenvalue weighted by Crippen LogP contribution is 2.28. The zero-order valence-electron chi connectivity index (χ0n) is 19.5. The van der Waals surface area contributed by atoms with E-state index in [1.54, 1.807) is 0 Å². The van der Waals surface area contributed by atoms with Gasteiger partial charge in [-0.2, -0.15) is 0 Å². The lowest BCUT2D eigenvalue weighted by molar-refractivity contribution is -0.148. The zero-order chi connectivity index (χ0) is 23.1. The molecule has 0 atom stereocenters. The van der Waals surface area contributed by atoms with Crippen LogP contribution in [0, 0.1) is 23.7 Å². The molecule has 0 amide bonds. The molecule has 0 radical (unpaired) electrons. The molecule has 1 rings (SSSR count). The minimum Gasteiger partial charge on any atom is -0.481 e. The van der Waals surface area contributed by atoms with E-state index in [0.717, 1.165) is 37.2 Å². The highest BCUT2D eigenvalue weighted by Gasteiger charge is 2.29. The predicted octanol–water partition coefficient (Wildman–Crippen LogP) is 5.70. The lowest BCUT2D eigenvalue weighted by Crippen LogP contribution is -2.25. The monoisotopic (exact) mass is 426 g/mol. The highest BCUT2D eigenvalue weighted by atomic mass is 16.5. The van der Waals surface area contributed by atoms with Gasteiger partial charge in [0.2, 0.25) is 0 Å². The van der Waals surface area contributed by atoms with Crippen LogP contribution in [0.2, 0.25) is 0 Å². The normalized spacial score (nSPS) is 19.2. The molecular formula is C24H42O6. The molecule has 6 nitrogen and oxygen atoms in total. The van der Waals surface area contributed by atoms with Gasteiger partial charge in [-0.05, 0) is 56.8 Å². The van der Waals surface area contributed by atoms with Crippen molar-refractivity contribution < 1.29 is 29.3 Å². The predicted molar refractivity (Wildman–Crippen MR) is 118 cm³/mol. The Morgan fingerprint density at radius 2 is 1.43 bits per heavy atom. The summed E-state index contributed by atoms with van der Waals surface area (Å²) in [4.78, 5) is 32.8. The molecule has 1 saturated carbocycles. The molecular weight excluding hydrogens is 384 g/mol. The summed E-state index contributed by atoms with van der Waals surface area (Å²) in [6.45, 7) is 11.2. The van der Waals surface area contributed by atoms with E-state index >= 15 is 0 Å². The Morgan fingerprint density at radius 1 is 0.933 bits per heavy atom. The van der Waals surface area contributed by atoms with E-state index in [0.29, 0.717) is 38.2 Å². The number of aliphatic carboxylic acids is 2. The molecule has 174 valence electrons. The van der Waals surface area contributed by atoms with Crippen molar-refractivity contribution >= 4 is 17.9 Å². The Balaban J connectivity index is 0.000000604. The van der Waals surface area contributed by atoms with E-state index in [4.69, 9.17) is 14.9 Å². The summed E-state index contributed by atoms with van der Waals surface area (Å²) in [6, 6.07) is 0. The fourth-order valence-corrected chi connectivity index (χ4v) is 3.28. The number of rotatable bonds is 11. The smallest absolute Gasteiger partial charge is 0.333 e. The second kappa shape index (κ2) is 15.9. The molecule has 30 heavy (non-hydrogen) atoms. The highest BCUT2D eigenvalue weighted by molar-refractivity contribution is 5.88. The number of carboxylic acid groups (broad SMARTS) is 2. The molecule has 0 aromatic rings. The van der Waals surface area contributed by atoms with E-state index in [1.165, 1.54) is 6.42 Å². The summed E-state index contributed by atoms with van der Waals surface area (Å²) in [5, 5.41) is 17.2. The van der Waals surface area contributed by atoms with Gasteiger partial charge in [0, 0.05) is 5.57 Å². The molecule has 0 aromatic heterocycles. The maximum atomic E-state index is 11.9. The van der Waals surface area contributed by atoms with Crippen LogP contribution >= 0.6 is 0 Å². The Bertz CT molecular complexity index is 520. The molecule has 6 heteroatoms. The Hall–Kier alpha value is -1.85. The Morgan fingerprint density at radius 3 is 1.80 bits per heavy atom. The summed E-state index contributed by atoms with van der Waals surface area (Å²) >= 11 is 0. The van der Waals surface area contributed by atoms with Crippen LogP contribution in [0.25, 0.3) is 0 Å². The lowest BCUT2D eigenvalue weighted by atomic mass is 9.82. The van der Waals surface area contributed by atoms with Crippen molar-refractivity contribution in [2.75, 3.05) is 6.61 Å². The first-order valence-electron chi connectivity index (χ1n) is 11.4. The van der Waals surface area contributed by atoms with Crippen molar-refractivity contribution in [2.45, 2.75) is 92.4 Å². The Labute approximate surface area is 182 Å². The van der Waals surface area contributed by atoms with Crippen LogP contribution in [-0.2, 0) is 19.1 Å². The molecule has 1 fully saturated rings. The zero-order valence-corrected chi connectivity index (χ0v) is 19.5. The minimum absolute atomic E-state index is 0.116. The van der Waals surface area contributed by atoms with Crippen molar-refractivity contribution in [3.05, 3.63) is 11.6 Å². The van der Waals surface area contributed by atoms with Gasteiger partial charge >= 0.3 is 17.9 Å². The van der Waals surface area contributed by atoms with Gasteiger partial charge in [0.15, 0.2) is 0 Å². The summed E-state index contributed by atoms with van der Waals surface area (Å²) in [6.07, 6.45) is 9.29. The van der Waals surface area contributed by atoms with E-state index in [2.05, 4.69) is 40.7 Å². The van der Waals surface area contributed by atoms with Crippen molar-refractivity contribution in [3.8, 4) is 0 Å². The second-order valence-corrected chi connectivity index (χ2v) is 9.02. The van der Waals surface area contributed by atoms with Gasteiger partial charge in [-0.15, -0.1) is 0 Å². The summed E-state index contributed by atoms with van der Waals surface area (Å²) in [7, 11) is 0. The van der Waals surface area contributed by atoms with Crippen molar-refractivity contribution in [1.82, 2.24) is 0 Å². The summed E-state index contributed by atoms with van der Waals surface area (Å²) < 4.78 is 5.29. The molecule has 0 bridgehead atoms. The molecule has 0 unspecified atom stereocenters. The van der Waals surface area contributed by atoms with Crippen LogP contribution < -0.4 is 0 Å². The van der Waals surface area contributed by atoms with Crippen LogP contribution in [0.3, 0.4) is 0 Å². The first-order chi connectivity index (χ1) is 14.1. The standard InChI is InChI=1S/C16H30O2.C8H12O4/c1-6-9-15(11-8-7-10-13(2)3)16(17)18-12-14(4)5;9-7(10)5-1-2-6(4-3-5)8(11)12/h11,13-14H,6-10,12H2,1-5H3;5-6H,1-4H2,(H,9,10)(H,11,12). The van der Waals surface area contributed by atoms with Crippen LogP contribution in [0.4, 0.5) is 0 Å². The third kappa shape index (κ3) is 13.4. The van der Waals surface area contributed by atoms with Gasteiger partial charge in [0.25, 0.3) is 0 Å². The summed E-state index contributed by atoms with van der Waals surface area (Å²) in [5.41, 5.74) is 0.863. The number of carbonyl (C=O) groups excluding carboxylic acids is 1. The SMILES string of the molecule is CCCC(=CCCCC(C)C)C(=O)OCC(C)C.O=C(O)C1CCC(C(=O)O)CC1.